The molecule has 1 aromatic heterocycles. The van der Waals surface area contributed by atoms with Crippen molar-refractivity contribution in [1.82, 2.24) is 20.0 Å². The summed E-state index contributed by atoms with van der Waals surface area (Å²) in [5, 5.41) is 6.04. The predicted octanol–water partition coefficient (Wildman–Crippen LogP) is 1.74. The van der Waals surface area contributed by atoms with E-state index in [-0.39, 0.29) is 5.69 Å². The molecule has 0 spiro atoms. The zero-order valence-electron chi connectivity index (χ0n) is 11.3. The summed E-state index contributed by atoms with van der Waals surface area (Å²) in [5.41, 5.74) is -0.113. The minimum atomic E-state index is -2.80. The summed E-state index contributed by atoms with van der Waals surface area (Å²) >= 11 is 0. The van der Waals surface area contributed by atoms with Crippen LogP contribution in [0.1, 0.15) is 37.3 Å². The topological polar surface area (TPSA) is 50.2 Å². The smallest absolute Gasteiger partial charge is 0.333 e. The molecule has 1 N–H and O–H groups in total. The number of rotatable bonds is 8. The zero-order valence-corrected chi connectivity index (χ0v) is 11.3. The number of carbonyl (C=O) groups excluding carboxylic acids is 1. The summed E-state index contributed by atoms with van der Waals surface area (Å²) in [4.78, 5) is 13.9. The quantitative estimate of drug-likeness (QED) is 0.735. The number of halogens is 2. The molecule has 1 heterocycles. The van der Waals surface area contributed by atoms with E-state index in [1.54, 1.807) is 0 Å². The van der Waals surface area contributed by atoms with Crippen LogP contribution in [0.5, 0.6) is 0 Å². The van der Waals surface area contributed by atoms with Crippen molar-refractivity contribution in [3.63, 3.8) is 0 Å². The Morgan fingerprint density at radius 2 is 2.16 bits per heavy atom. The highest BCUT2D eigenvalue weighted by molar-refractivity contribution is 5.92. The SMILES string of the molecule is CCN(CC)CCCNC(=O)c1ccnn1C(F)F. The van der Waals surface area contributed by atoms with E-state index in [2.05, 4.69) is 29.2 Å². The van der Waals surface area contributed by atoms with Crippen molar-refractivity contribution in [3.05, 3.63) is 18.0 Å². The molecule has 0 aliphatic heterocycles. The molecule has 0 aliphatic carbocycles. The van der Waals surface area contributed by atoms with Crippen LogP contribution in [0.15, 0.2) is 12.3 Å². The lowest BCUT2D eigenvalue weighted by Gasteiger charge is -2.17. The Labute approximate surface area is 111 Å². The number of alkyl halides is 2. The van der Waals surface area contributed by atoms with Gasteiger partial charge in [0, 0.05) is 12.7 Å². The van der Waals surface area contributed by atoms with Crippen molar-refractivity contribution in [1.29, 1.82) is 0 Å². The highest BCUT2D eigenvalue weighted by Crippen LogP contribution is 2.11. The van der Waals surface area contributed by atoms with Crippen LogP contribution in [-0.4, -0.2) is 46.8 Å². The lowest BCUT2D eigenvalue weighted by Crippen LogP contribution is -2.31. The predicted molar refractivity (Wildman–Crippen MR) is 68.2 cm³/mol. The van der Waals surface area contributed by atoms with Crippen LogP contribution in [0.25, 0.3) is 0 Å². The van der Waals surface area contributed by atoms with Gasteiger partial charge in [-0.3, -0.25) is 4.79 Å². The van der Waals surface area contributed by atoms with Gasteiger partial charge in [-0.1, -0.05) is 13.8 Å². The minimum absolute atomic E-state index is 0.113. The number of nitrogens with one attached hydrogen (secondary N) is 1. The standard InChI is InChI=1S/C12H20F2N4O/c1-3-17(4-2)9-5-7-15-11(19)10-6-8-16-18(10)12(13)14/h6,8,12H,3-5,7,9H2,1-2H3,(H,15,19). The third-order valence-corrected chi connectivity index (χ3v) is 2.92. The first-order chi connectivity index (χ1) is 9.10. The first-order valence-electron chi connectivity index (χ1n) is 6.42. The molecule has 0 unspecified atom stereocenters. The molecule has 108 valence electrons. The third-order valence-electron chi connectivity index (χ3n) is 2.92. The molecular formula is C12H20F2N4O. The van der Waals surface area contributed by atoms with E-state index in [1.807, 2.05) is 0 Å². The molecule has 7 heteroatoms. The first-order valence-corrected chi connectivity index (χ1v) is 6.42. The largest absolute Gasteiger partial charge is 0.351 e. The Morgan fingerprint density at radius 1 is 1.47 bits per heavy atom. The molecule has 1 amide bonds. The Kier molecular flexibility index (Phi) is 6.41. The van der Waals surface area contributed by atoms with Crippen LogP contribution in [0.2, 0.25) is 0 Å². The van der Waals surface area contributed by atoms with Gasteiger partial charge in [0.2, 0.25) is 0 Å². The number of amides is 1. The van der Waals surface area contributed by atoms with Crippen molar-refractivity contribution in [2.45, 2.75) is 26.8 Å². The Balaban J connectivity index is 2.37. The summed E-state index contributed by atoms with van der Waals surface area (Å²) in [7, 11) is 0. The van der Waals surface area contributed by atoms with Crippen LogP contribution in [0.4, 0.5) is 8.78 Å². The molecule has 1 rings (SSSR count). The summed E-state index contributed by atoms with van der Waals surface area (Å²) in [6.45, 7) is 4.61. The Bertz CT molecular complexity index is 391. The molecule has 19 heavy (non-hydrogen) atoms. The van der Waals surface area contributed by atoms with Crippen molar-refractivity contribution in [3.8, 4) is 0 Å². The van der Waals surface area contributed by atoms with E-state index >= 15 is 0 Å². The van der Waals surface area contributed by atoms with Gasteiger partial charge in [-0.25, -0.2) is 0 Å². The number of hydrogen-bond acceptors (Lipinski definition) is 3. The zero-order chi connectivity index (χ0) is 14.3. The van der Waals surface area contributed by atoms with Crippen LogP contribution >= 0.6 is 0 Å². The molecule has 0 aromatic carbocycles. The van der Waals surface area contributed by atoms with Gasteiger partial charge in [0.15, 0.2) is 0 Å². The summed E-state index contributed by atoms with van der Waals surface area (Å²) in [6, 6.07) is 1.28. The fourth-order valence-corrected chi connectivity index (χ4v) is 1.78. The lowest BCUT2D eigenvalue weighted by atomic mass is 10.3. The van der Waals surface area contributed by atoms with Crippen molar-refractivity contribution in [2.24, 2.45) is 0 Å². The highest BCUT2D eigenvalue weighted by Gasteiger charge is 2.17. The molecule has 5 nitrogen and oxygen atoms in total. The highest BCUT2D eigenvalue weighted by atomic mass is 19.3. The molecule has 1 aromatic rings. The molecule has 0 fully saturated rings. The van der Waals surface area contributed by atoms with Gasteiger partial charge < -0.3 is 10.2 Å². The monoisotopic (exact) mass is 274 g/mol. The molecule has 0 saturated heterocycles. The molecule has 0 saturated carbocycles. The maximum Gasteiger partial charge on any atom is 0.333 e. The van der Waals surface area contributed by atoms with Gasteiger partial charge in [-0.05, 0) is 32.1 Å². The fraction of sp³-hybridized carbons (Fsp3) is 0.667. The second-order valence-electron chi connectivity index (χ2n) is 4.08. The molecule has 0 bridgehead atoms. The summed E-state index contributed by atoms with van der Waals surface area (Å²) in [5.74, 6) is -0.516. The summed E-state index contributed by atoms with van der Waals surface area (Å²) in [6.07, 6.45) is 1.98. The number of nitrogens with zero attached hydrogens (tertiary/aromatic N) is 3. The molecule has 0 atom stereocenters. The average Bonchev–Trinajstić information content (AvgIpc) is 2.88. The van der Waals surface area contributed by atoms with E-state index in [4.69, 9.17) is 0 Å². The Morgan fingerprint density at radius 3 is 2.74 bits per heavy atom. The van der Waals surface area contributed by atoms with Crippen LogP contribution < -0.4 is 5.32 Å². The second-order valence-corrected chi connectivity index (χ2v) is 4.08. The number of carbonyl (C=O) groups is 1. The fourth-order valence-electron chi connectivity index (χ4n) is 1.78. The van der Waals surface area contributed by atoms with E-state index < -0.39 is 12.5 Å². The van der Waals surface area contributed by atoms with Gasteiger partial charge >= 0.3 is 6.55 Å². The van der Waals surface area contributed by atoms with Gasteiger partial charge in [0.05, 0.1) is 0 Å². The second kappa shape index (κ2) is 7.83. The van der Waals surface area contributed by atoms with Crippen LogP contribution in [-0.2, 0) is 0 Å². The van der Waals surface area contributed by atoms with Crippen molar-refractivity contribution >= 4 is 5.91 Å². The lowest BCUT2D eigenvalue weighted by molar-refractivity contribution is 0.0509. The third kappa shape index (κ3) is 4.59. The minimum Gasteiger partial charge on any atom is -0.351 e. The molecule has 0 aliphatic rings. The first kappa shape index (κ1) is 15.6. The van der Waals surface area contributed by atoms with Gasteiger partial charge in [0.1, 0.15) is 5.69 Å². The van der Waals surface area contributed by atoms with Gasteiger partial charge in [-0.2, -0.15) is 18.6 Å². The normalized spacial score (nSPS) is 11.3. The van der Waals surface area contributed by atoms with Crippen molar-refractivity contribution < 1.29 is 13.6 Å². The van der Waals surface area contributed by atoms with E-state index in [1.165, 1.54) is 12.3 Å². The van der Waals surface area contributed by atoms with E-state index in [0.29, 0.717) is 11.2 Å². The van der Waals surface area contributed by atoms with Gasteiger partial charge in [-0.15, -0.1) is 0 Å². The molecule has 0 radical (unpaired) electrons. The maximum absolute atomic E-state index is 12.5. The van der Waals surface area contributed by atoms with E-state index in [9.17, 15) is 13.6 Å². The van der Waals surface area contributed by atoms with Gasteiger partial charge in [0.25, 0.3) is 5.91 Å². The maximum atomic E-state index is 12.5. The average molecular weight is 274 g/mol. The van der Waals surface area contributed by atoms with Crippen LogP contribution in [0, 0.1) is 0 Å². The molecular weight excluding hydrogens is 254 g/mol. The Hall–Kier alpha value is -1.50. The summed E-state index contributed by atoms with van der Waals surface area (Å²) < 4.78 is 25.5. The van der Waals surface area contributed by atoms with Crippen molar-refractivity contribution in [2.75, 3.05) is 26.2 Å². The van der Waals surface area contributed by atoms with E-state index in [0.717, 1.165) is 26.1 Å². The van der Waals surface area contributed by atoms with Crippen LogP contribution in [0.3, 0.4) is 0 Å². The number of aromatic nitrogens is 2. The number of hydrogen-bond donors (Lipinski definition) is 1.